The molecule has 6 heteroatoms. The first-order valence-electron chi connectivity index (χ1n) is 9.55. The number of hydrogen-bond donors (Lipinski definition) is 2. The van der Waals surface area contributed by atoms with Crippen molar-refractivity contribution in [2.75, 3.05) is 13.2 Å². The highest BCUT2D eigenvalue weighted by molar-refractivity contribution is 5.94. The number of benzene rings is 1. The van der Waals surface area contributed by atoms with E-state index < -0.39 is 0 Å². The van der Waals surface area contributed by atoms with Crippen LogP contribution in [0.1, 0.15) is 68.8 Å². The molecule has 0 bridgehead atoms. The van der Waals surface area contributed by atoms with Crippen LogP contribution in [0.5, 0.6) is 0 Å². The molecule has 0 heterocycles. The van der Waals surface area contributed by atoms with Crippen molar-refractivity contribution in [1.29, 1.82) is 0 Å². The number of nitrogens with zero attached hydrogens (tertiary/aromatic N) is 1. The number of nitrogens with two attached hydrogens (primary N) is 1. The monoisotopic (exact) mass is 363 g/mol. The van der Waals surface area contributed by atoms with Gasteiger partial charge in [-0.3, -0.25) is 15.4 Å². The lowest BCUT2D eigenvalue weighted by Crippen LogP contribution is -2.40. The zero-order chi connectivity index (χ0) is 19.4. The average molecular weight is 364 g/mol. The van der Waals surface area contributed by atoms with Crippen molar-refractivity contribution in [3.05, 3.63) is 35.4 Å². The summed E-state index contributed by atoms with van der Waals surface area (Å²) < 4.78 is 4.83. The van der Waals surface area contributed by atoms with Gasteiger partial charge in [-0.2, -0.15) is 0 Å². The molecule has 1 unspecified atom stereocenters. The smallest absolute Gasteiger partial charge is 0.307 e. The zero-order valence-electron chi connectivity index (χ0n) is 16.3. The van der Waals surface area contributed by atoms with Crippen LogP contribution in [0.3, 0.4) is 0 Å². The molecule has 1 atom stereocenters. The molecule has 0 saturated carbocycles. The molecule has 0 fully saturated rings. The number of unbranched alkanes of at least 4 members (excludes halogenated alkanes) is 1. The van der Waals surface area contributed by atoms with Gasteiger partial charge in [0.1, 0.15) is 0 Å². The minimum atomic E-state index is -0.306. The Labute approximate surface area is 157 Å². The fourth-order valence-electron chi connectivity index (χ4n) is 2.76. The lowest BCUT2D eigenvalue weighted by Gasteiger charge is -2.26. The van der Waals surface area contributed by atoms with Gasteiger partial charge in [0, 0.05) is 24.7 Å². The predicted molar refractivity (Wildman–Crippen MR) is 103 cm³/mol. The topological polar surface area (TPSA) is 84.7 Å². The maximum Gasteiger partial charge on any atom is 0.307 e. The molecule has 0 aliphatic heterocycles. The standard InChI is InChI=1S/C20H33N3O3/c1-4-7-8-18(5-2)23(21)15-16-9-11-17(12-10-16)20(25)22-14-13-19(24)26-6-3/h9-12,18H,4-8,13-15,21H2,1-3H3,(H,22,25). The van der Waals surface area contributed by atoms with Gasteiger partial charge in [-0.15, -0.1) is 0 Å². The largest absolute Gasteiger partial charge is 0.466 e. The van der Waals surface area contributed by atoms with E-state index in [1.807, 2.05) is 17.1 Å². The second-order valence-electron chi connectivity index (χ2n) is 6.38. The van der Waals surface area contributed by atoms with E-state index in [4.69, 9.17) is 10.6 Å². The van der Waals surface area contributed by atoms with Gasteiger partial charge in [-0.1, -0.05) is 38.8 Å². The Bertz CT molecular complexity index is 546. The Morgan fingerprint density at radius 1 is 1.19 bits per heavy atom. The van der Waals surface area contributed by atoms with E-state index >= 15 is 0 Å². The van der Waals surface area contributed by atoms with Gasteiger partial charge < -0.3 is 10.1 Å². The van der Waals surface area contributed by atoms with Crippen molar-refractivity contribution < 1.29 is 14.3 Å². The van der Waals surface area contributed by atoms with Crippen LogP contribution in [0, 0.1) is 0 Å². The highest BCUT2D eigenvalue weighted by Gasteiger charge is 2.13. The summed E-state index contributed by atoms with van der Waals surface area (Å²) in [6, 6.07) is 7.80. The number of nitrogens with one attached hydrogen (secondary N) is 1. The van der Waals surface area contributed by atoms with E-state index in [0.717, 1.165) is 18.4 Å². The Morgan fingerprint density at radius 3 is 2.46 bits per heavy atom. The first kappa shape index (κ1) is 22.1. The van der Waals surface area contributed by atoms with E-state index in [1.54, 1.807) is 19.1 Å². The van der Waals surface area contributed by atoms with Gasteiger partial charge in [-0.05, 0) is 37.5 Å². The minimum Gasteiger partial charge on any atom is -0.466 e. The molecular weight excluding hydrogens is 330 g/mol. The number of hydrazine groups is 1. The van der Waals surface area contributed by atoms with Crippen LogP contribution in [0.2, 0.25) is 0 Å². The number of rotatable bonds is 12. The lowest BCUT2D eigenvalue weighted by molar-refractivity contribution is -0.142. The van der Waals surface area contributed by atoms with Crippen LogP contribution < -0.4 is 11.2 Å². The minimum absolute atomic E-state index is 0.177. The SMILES string of the molecule is CCCCC(CC)N(N)Cc1ccc(C(=O)NCCC(=O)OCC)cc1. The first-order chi connectivity index (χ1) is 12.5. The Kier molecular flexibility index (Phi) is 10.6. The van der Waals surface area contributed by atoms with Crippen LogP contribution in [0.15, 0.2) is 24.3 Å². The van der Waals surface area contributed by atoms with E-state index in [0.29, 0.717) is 24.8 Å². The Hall–Kier alpha value is -1.92. The van der Waals surface area contributed by atoms with E-state index in [9.17, 15) is 9.59 Å². The number of carbonyl (C=O) groups is 2. The summed E-state index contributed by atoms with van der Waals surface area (Å²) in [7, 11) is 0. The van der Waals surface area contributed by atoms with Crippen molar-refractivity contribution in [2.45, 2.75) is 65.5 Å². The van der Waals surface area contributed by atoms with Gasteiger partial charge in [-0.25, -0.2) is 5.01 Å². The first-order valence-corrected chi connectivity index (χ1v) is 9.55. The van der Waals surface area contributed by atoms with E-state index in [2.05, 4.69) is 19.2 Å². The number of hydrogen-bond acceptors (Lipinski definition) is 5. The molecule has 26 heavy (non-hydrogen) atoms. The molecule has 146 valence electrons. The molecule has 0 aromatic heterocycles. The molecule has 1 amide bonds. The molecule has 1 aromatic carbocycles. The normalized spacial score (nSPS) is 12.0. The molecule has 0 aliphatic carbocycles. The molecule has 3 N–H and O–H groups in total. The molecule has 0 spiro atoms. The molecule has 6 nitrogen and oxygen atoms in total. The number of amides is 1. The summed E-state index contributed by atoms with van der Waals surface area (Å²) >= 11 is 0. The van der Waals surface area contributed by atoms with Crippen molar-refractivity contribution in [3.63, 3.8) is 0 Å². The summed E-state index contributed by atoms with van der Waals surface area (Å²) in [5, 5.41) is 4.62. The average Bonchev–Trinajstić information content (AvgIpc) is 2.63. The van der Waals surface area contributed by atoms with Crippen LogP contribution in [-0.4, -0.2) is 36.1 Å². The third-order valence-corrected chi connectivity index (χ3v) is 4.33. The van der Waals surface area contributed by atoms with Gasteiger partial charge in [0.15, 0.2) is 0 Å². The van der Waals surface area contributed by atoms with Crippen molar-refractivity contribution in [2.24, 2.45) is 5.84 Å². The third kappa shape index (κ3) is 7.97. The Morgan fingerprint density at radius 2 is 1.88 bits per heavy atom. The van der Waals surface area contributed by atoms with Gasteiger partial charge in [0.2, 0.25) is 0 Å². The van der Waals surface area contributed by atoms with Gasteiger partial charge >= 0.3 is 5.97 Å². The second-order valence-corrected chi connectivity index (χ2v) is 6.38. The van der Waals surface area contributed by atoms with Crippen LogP contribution in [-0.2, 0) is 16.1 Å². The fraction of sp³-hybridized carbons (Fsp3) is 0.600. The highest BCUT2D eigenvalue weighted by Crippen LogP contribution is 2.13. The molecular formula is C20H33N3O3. The summed E-state index contributed by atoms with van der Waals surface area (Å²) in [6.45, 7) is 7.38. The quantitative estimate of drug-likeness (QED) is 0.339. The summed E-state index contributed by atoms with van der Waals surface area (Å²) in [5.74, 6) is 5.73. The summed E-state index contributed by atoms with van der Waals surface area (Å²) in [5.41, 5.74) is 1.64. The van der Waals surface area contributed by atoms with Crippen LogP contribution in [0.4, 0.5) is 0 Å². The maximum absolute atomic E-state index is 12.1. The van der Waals surface area contributed by atoms with Crippen LogP contribution >= 0.6 is 0 Å². The van der Waals surface area contributed by atoms with Gasteiger partial charge in [0.05, 0.1) is 13.0 Å². The maximum atomic E-state index is 12.1. The fourth-order valence-corrected chi connectivity index (χ4v) is 2.76. The van der Waals surface area contributed by atoms with Crippen molar-refractivity contribution in [3.8, 4) is 0 Å². The van der Waals surface area contributed by atoms with Crippen molar-refractivity contribution in [1.82, 2.24) is 10.3 Å². The summed E-state index contributed by atoms with van der Waals surface area (Å²) in [4.78, 5) is 23.4. The van der Waals surface area contributed by atoms with E-state index in [1.165, 1.54) is 12.8 Å². The molecule has 0 saturated heterocycles. The molecule has 1 rings (SSSR count). The predicted octanol–water partition coefficient (Wildman–Crippen LogP) is 3.01. The molecule has 0 radical (unpaired) electrons. The lowest BCUT2D eigenvalue weighted by atomic mass is 10.1. The molecule has 0 aliphatic rings. The van der Waals surface area contributed by atoms with Crippen molar-refractivity contribution >= 4 is 11.9 Å². The highest BCUT2D eigenvalue weighted by atomic mass is 16.5. The Balaban J connectivity index is 2.49. The molecule has 1 aromatic rings. The summed E-state index contributed by atoms with van der Waals surface area (Å²) in [6.07, 6.45) is 4.65. The van der Waals surface area contributed by atoms with Crippen LogP contribution in [0.25, 0.3) is 0 Å². The van der Waals surface area contributed by atoms with Gasteiger partial charge in [0.25, 0.3) is 5.91 Å². The second kappa shape index (κ2) is 12.4. The third-order valence-electron chi connectivity index (χ3n) is 4.33. The zero-order valence-corrected chi connectivity index (χ0v) is 16.3. The van der Waals surface area contributed by atoms with E-state index in [-0.39, 0.29) is 24.8 Å². The number of ether oxygens (including phenoxy) is 1. The number of esters is 1. The number of carbonyl (C=O) groups excluding carboxylic acids is 2.